The Kier molecular flexibility index (Phi) is 53.5. The van der Waals surface area contributed by atoms with Crippen molar-refractivity contribution < 1.29 is 52.2 Å². The Balaban J connectivity index is 4.84. The van der Waals surface area contributed by atoms with E-state index in [1.807, 2.05) is 0 Å². The molecule has 11 nitrogen and oxygen atoms in total. The number of ether oxygens (including phenoxy) is 3. The third-order valence-electron chi connectivity index (χ3n) is 11.6. The van der Waals surface area contributed by atoms with Gasteiger partial charge in [0.2, 0.25) is 0 Å². The summed E-state index contributed by atoms with van der Waals surface area (Å²) in [6, 6.07) is 0. The highest BCUT2D eigenvalue weighted by molar-refractivity contribution is 7.47. The second-order valence-electron chi connectivity index (χ2n) is 18.7. The Morgan fingerprint density at radius 1 is 0.368 bits per heavy atom. The fourth-order valence-corrected chi connectivity index (χ4v) is 8.02. The van der Waals surface area contributed by atoms with Crippen molar-refractivity contribution in [2.24, 2.45) is 0 Å². The Morgan fingerprint density at radius 3 is 1.01 bits per heavy atom. The van der Waals surface area contributed by atoms with Crippen molar-refractivity contribution in [1.82, 2.24) is 0 Å². The molecule has 0 radical (unpaired) electrons. The monoisotopic (exact) mass is 1080 g/mol. The van der Waals surface area contributed by atoms with Crippen molar-refractivity contribution in [3.05, 3.63) is 134 Å². The normalized spacial score (nSPS) is 14.3. The molecule has 0 rings (SSSR count). The molecule has 0 aromatic carbocycles. The lowest BCUT2D eigenvalue weighted by molar-refractivity contribution is -0.161. The van der Waals surface area contributed by atoms with Crippen LogP contribution in [0.4, 0.5) is 0 Å². The van der Waals surface area contributed by atoms with E-state index in [0.29, 0.717) is 19.3 Å². The first kappa shape index (κ1) is 71.6. The van der Waals surface area contributed by atoms with Gasteiger partial charge in [-0.2, -0.15) is 0 Å². The van der Waals surface area contributed by atoms with Crippen LogP contribution in [0.2, 0.25) is 0 Å². The molecule has 3 atom stereocenters. The molecule has 0 aliphatic carbocycles. The van der Waals surface area contributed by atoms with E-state index in [1.54, 1.807) is 0 Å². The molecule has 0 amide bonds. The summed E-state index contributed by atoms with van der Waals surface area (Å²) >= 11 is 0. The minimum atomic E-state index is -4.78. The van der Waals surface area contributed by atoms with Gasteiger partial charge in [0.25, 0.3) is 0 Å². The second-order valence-corrected chi connectivity index (χ2v) is 20.1. The number of rotatable bonds is 52. The summed E-state index contributed by atoms with van der Waals surface area (Å²) in [4.78, 5) is 48.6. The molecular formula is C64H103O11P. The van der Waals surface area contributed by atoms with Gasteiger partial charge < -0.3 is 24.2 Å². The fraction of sp³-hybridized carbons (Fsp3) is 0.609. The molecule has 0 saturated heterocycles. The van der Waals surface area contributed by atoms with Crippen LogP contribution in [0, 0.1) is 0 Å². The summed E-state index contributed by atoms with van der Waals surface area (Å²) in [5, 5.41) is 9.82. The molecule has 0 aliphatic heterocycles. The van der Waals surface area contributed by atoms with Crippen molar-refractivity contribution in [3.8, 4) is 0 Å². The summed E-state index contributed by atoms with van der Waals surface area (Å²) in [6.07, 6.45) is 71.2. The predicted molar refractivity (Wildman–Crippen MR) is 316 cm³/mol. The minimum Gasteiger partial charge on any atom is -0.462 e. The highest BCUT2D eigenvalue weighted by atomic mass is 31.2. The molecule has 0 fully saturated rings. The SMILES string of the molecule is CC/C=C\C/C=C\C/C=C\C/C=C\CCCCCCCCC(=O)OC(COC(=O)CCCC/C=C\C/C=C\C/C=C\C/C=C\CC)COP(=O)(O)OCC(CO)OC(=O)CCCCCCC/C=C\C/C=C\C/C=C\CC. The standard InChI is InChI=1S/C64H103O11P/c1-4-7-10-13-16-19-22-25-28-29-30-31-34-37-40-43-46-49-52-55-64(68)75-61(57-71-62(66)53-50-47-44-41-38-35-32-26-23-20-17-14-11-8-5-2)59-73-76(69,70)72-58-60(56-65)74-63(67)54-51-48-45-42-39-36-33-27-24-21-18-15-12-9-6-3/h7-12,16-21,25-28,30-33,38,41,60-61,65H,4-6,13-15,22-24,29,34-37,39-40,42-59H2,1-3H3,(H,69,70)/b10-7-,11-8-,12-9-,19-16-,20-17-,21-18-,28-25-,31-30-,32-26-,33-27-,41-38-. The smallest absolute Gasteiger partial charge is 0.462 e. The molecule has 0 spiro atoms. The molecular weight excluding hydrogens is 976 g/mol. The molecule has 0 aromatic heterocycles. The van der Waals surface area contributed by atoms with E-state index >= 15 is 0 Å². The number of phosphoric acid groups is 1. The number of carbonyl (C=O) groups is 3. The second kappa shape index (κ2) is 56.8. The van der Waals surface area contributed by atoms with Crippen molar-refractivity contribution in [2.75, 3.05) is 26.4 Å². The molecule has 0 aromatic rings. The van der Waals surface area contributed by atoms with Crippen LogP contribution in [0.3, 0.4) is 0 Å². The molecule has 2 N–H and O–H groups in total. The zero-order chi connectivity index (χ0) is 55.5. The number of allylic oxidation sites excluding steroid dienone is 22. The number of esters is 3. The first-order valence-electron chi connectivity index (χ1n) is 29.1. The van der Waals surface area contributed by atoms with Gasteiger partial charge in [0.05, 0.1) is 19.8 Å². The number of aliphatic hydroxyl groups is 1. The maximum atomic E-state index is 12.9. The number of hydrogen-bond acceptors (Lipinski definition) is 10. The van der Waals surface area contributed by atoms with E-state index in [4.69, 9.17) is 23.3 Å². The molecule has 0 heterocycles. The average molecular weight is 1080 g/mol. The summed E-state index contributed by atoms with van der Waals surface area (Å²) in [6.45, 7) is 4.20. The Bertz CT molecular complexity index is 1780. The van der Waals surface area contributed by atoms with Gasteiger partial charge in [0, 0.05) is 19.3 Å². The van der Waals surface area contributed by atoms with Crippen molar-refractivity contribution in [3.63, 3.8) is 0 Å². The van der Waals surface area contributed by atoms with Crippen molar-refractivity contribution >= 4 is 25.7 Å². The van der Waals surface area contributed by atoms with Gasteiger partial charge in [-0.3, -0.25) is 23.4 Å². The number of aliphatic hydroxyl groups excluding tert-OH is 1. The molecule has 0 saturated carbocycles. The van der Waals surface area contributed by atoms with Crippen LogP contribution in [-0.4, -0.2) is 66.5 Å². The summed E-state index contributed by atoms with van der Waals surface area (Å²) in [5.74, 6) is -1.56. The average Bonchev–Trinajstić information content (AvgIpc) is 3.41. The summed E-state index contributed by atoms with van der Waals surface area (Å²) < 4.78 is 39.5. The maximum Gasteiger partial charge on any atom is 0.472 e. The number of unbranched alkanes of at least 4 members (excludes halogenated alkanes) is 13. The lowest BCUT2D eigenvalue weighted by atomic mass is 10.1. The molecule has 0 aliphatic rings. The van der Waals surface area contributed by atoms with Gasteiger partial charge in [-0.1, -0.05) is 199 Å². The van der Waals surface area contributed by atoms with Crippen molar-refractivity contribution in [1.29, 1.82) is 0 Å². The lowest BCUT2D eigenvalue weighted by Crippen LogP contribution is -2.30. The minimum absolute atomic E-state index is 0.133. The third kappa shape index (κ3) is 54.4. The number of hydrogen-bond donors (Lipinski definition) is 2. The van der Waals surface area contributed by atoms with Crippen molar-refractivity contribution in [2.45, 2.75) is 226 Å². The van der Waals surface area contributed by atoms with E-state index < -0.39 is 57.8 Å². The predicted octanol–water partition coefficient (Wildman–Crippen LogP) is 17.4. The lowest BCUT2D eigenvalue weighted by Gasteiger charge is -2.21. The zero-order valence-electron chi connectivity index (χ0n) is 47.4. The summed E-state index contributed by atoms with van der Waals surface area (Å²) in [7, 11) is -4.78. The van der Waals surface area contributed by atoms with E-state index in [-0.39, 0.29) is 25.9 Å². The maximum absolute atomic E-state index is 12.9. The van der Waals surface area contributed by atoms with Gasteiger partial charge in [0.15, 0.2) is 6.10 Å². The van der Waals surface area contributed by atoms with E-state index in [1.165, 1.54) is 0 Å². The zero-order valence-corrected chi connectivity index (χ0v) is 48.3. The molecule has 430 valence electrons. The van der Waals surface area contributed by atoms with Gasteiger partial charge in [-0.05, 0) is 128 Å². The first-order chi connectivity index (χ1) is 37.2. The third-order valence-corrected chi connectivity index (χ3v) is 12.5. The molecule has 76 heavy (non-hydrogen) atoms. The number of carbonyl (C=O) groups excluding carboxylic acids is 3. The molecule has 3 unspecified atom stereocenters. The fourth-order valence-electron chi connectivity index (χ4n) is 7.23. The van der Waals surface area contributed by atoms with Crippen LogP contribution in [0.15, 0.2) is 134 Å². The van der Waals surface area contributed by atoms with Crippen LogP contribution >= 0.6 is 7.82 Å². The van der Waals surface area contributed by atoms with E-state index in [0.717, 1.165) is 154 Å². The Labute approximate surface area is 461 Å². The molecule has 0 bridgehead atoms. The van der Waals surface area contributed by atoms with Gasteiger partial charge in [-0.25, -0.2) is 4.57 Å². The Morgan fingerprint density at radius 2 is 0.645 bits per heavy atom. The van der Waals surface area contributed by atoms with Crippen LogP contribution in [0.25, 0.3) is 0 Å². The highest BCUT2D eigenvalue weighted by Gasteiger charge is 2.28. The van der Waals surface area contributed by atoms with Gasteiger partial charge in [-0.15, -0.1) is 0 Å². The van der Waals surface area contributed by atoms with Crippen LogP contribution in [0.5, 0.6) is 0 Å². The topological polar surface area (TPSA) is 155 Å². The van der Waals surface area contributed by atoms with Crippen LogP contribution in [0.1, 0.15) is 213 Å². The highest BCUT2D eigenvalue weighted by Crippen LogP contribution is 2.43. The summed E-state index contributed by atoms with van der Waals surface area (Å²) in [5.41, 5.74) is 0. The first-order valence-corrected chi connectivity index (χ1v) is 30.6. The van der Waals surface area contributed by atoms with Crippen LogP contribution < -0.4 is 0 Å². The van der Waals surface area contributed by atoms with E-state index in [9.17, 15) is 28.9 Å². The quantitative estimate of drug-likeness (QED) is 0.0197. The number of phosphoric ester groups is 1. The van der Waals surface area contributed by atoms with Crippen LogP contribution in [-0.2, 0) is 42.2 Å². The van der Waals surface area contributed by atoms with Gasteiger partial charge in [0.1, 0.15) is 12.7 Å². The largest absolute Gasteiger partial charge is 0.472 e. The molecule has 12 heteroatoms. The van der Waals surface area contributed by atoms with Gasteiger partial charge >= 0.3 is 25.7 Å². The van der Waals surface area contributed by atoms with E-state index in [2.05, 4.69) is 154 Å². The Hall–Kier alpha value is -4.38.